The van der Waals surface area contributed by atoms with Crippen LogP contribution in [0.3, 0.4) is 0 Å². The van der Waals surface area contributed by atoms with Gasteiger partial charge in [0, 0.05) is 9.50 Å². The van der Waals surface area contributed by atoms with Crippen molar-refractivity contribution in [2.75, 3.05) is 10.5 Å². The zero-order valence-corrected chi connectivity index (χ0v) is 13.4. The van der Waals surface area contributed by atoms with Gasteiger partial charge in [0.25, 0.3) is 10.0 Å². The largest absolute Gasteiger partial charge is 0.394 e. The lowest BCUT2D eigenvalue weighted by atomic mass is 10.3. The average molecular weight is 398 g/mol. The molecule has 0 heterocycles. The first kappa shape index (κ1) is 16.0. The summed E-state index contributed by atoms with van der Waals surface area (Å²) >= 11 is 8.91. The Morgan fingerprint density at radius 2 is 1.86 bits per heavy atom. The first-order valence-electron chi connectivity index (χ1n) is 5.43. The molecule has 9 heteroatoms. The van der Waals surface area contributed by atoms with Crippen molar-refractivity contribution in [2.24, 2.45) is 0 Å². The third-order valence-electron chi connectivity index (χ3n) is 2.55. The van der Waals surface area contributed by atoms with Crippen molar-refractivity contribution in [3.8, 4) is 0 Å². The molecule has 2 rings (SSSR count). The van der Waals surface area contributed by atoms with Crippen LogP contribution in [0.25, 0.3) is 0 Å². The molecule has 0 aromatic heterocycles. The van der Waals surface area contributed by atoms with Crippen molar-refractivity contribution in [3.63, 3.8) is 0 Å². The highest BCUT2D eigenvalue weighted by Gasteiger charge is 2.23. The maximum Gasteiger partial charge on any atom is 0.264 e. The minimum Gasteiger partial charge on any atom is -0.394 e. The van der Waals surface area contributed by atoms with Crippen LogP contribution in [0.5, 0.6) is 0 Å². The van der Waals surface area contributed by atoms with E-state index in [9.17, 15) is 17.2 Å². The second-order valence-electron chi connectivity index (χ2n) is 4.00. The fourth-order valence-corrected chi connectivity index (χ4v) is 3.34. The van der Waals surface area contributed by atoms with Gasteiger partial charge >= 0.3 is 0 Å². The minimum absolute atomic E-state index is 0.116. The molecule has 0 aliphatic rings. The van der Waals surface area contributed by atoms with E-state index in [-0.39, 0.29) is 10.7 Å². The number of nitrogens with two attached hydrogens (primary N) is 1. The Morgan fingerprint density at radius 3 is 2.52 bits per heavy atom. The maximum atomic E-state index is 13.8. The smallest absolute Gasteiger partial charge is 0.264 e. The zero-order chi connectivity index (χ0) is 15.8. The van der Waals surface area contributed by atoms with E-state index in [2.05, 4.69) is 20.7 Å². The molecule has 0 fully saturated rings. The molecule has 4 nitrogen and oxygen atoms in total. The molecule has 0 aliphatic heterocycles. The zero-order valence-electron chi connectivity index (χ0n) is 10.2. The molecule has 0 spiro atoms. The molecule has 0 radical (unpaired) electrons. The predicted molar refractivity (Wildman–Crippen MR) is 80.7 cm³/mol. The van der Waals surface area contributed by atoms with Crippen molar-refractivity contribution in [2.45, 2.75) is 4.90 Å². The van der Waals surface area contributed by atoms with Crippen LogP contribution < -0.4 is 10.5 Å². The molecular formula is C12H8BrClF2N2O2S. The van der Waals surface area contributed by atoms with Gasteiger partial charge in [-0.1, -0.05) is 11.6 Å². The number of rotatable bonds is 3. The summed E-state index contributed by atoms with van der Waals surface area (Å²) in [6, 6.07) is 5.98. The Balaban J connectivity index is 2.49. The molecule has 2 aromatic carbocycles. The normalized spacial score (nSPS) is 11.4. The molecule has 0 unspecified atom stereocenters. The molecule has 112 valence electrons. The molecule has 0 bridgehead atoms. The number of halogens is 4. The van der Waals surface area contributed by atoms with Crippen molar-refractivity contribution in [1.82, 2.24) is 0 Å². The summed E-state index contributed by atoms with van der Waals surface area (Å²) in [5.41, 5.74) is 4.41. The van der Waals surface area contributed by atoms with E-state index in [1.807, 2.05) is 0 Å². The fourth-order valence-electron chi connectivity index (χ4n) is 1.53. The van der Waals surface area contributed by atoms with Crippen LogP contribution in [0, 0.1) is 11.6 Å². The molecular weight excluding hydrogens is 390 g/mol. The number of hydrogen-bond donors (Lipinski definition) is 2. The number of sulfonamides is 1. The molecule has 2 aromatic rings. The predicted octanol–water partition coefficient (Wildman–Crippen LogP) is 3.76. The van der Waals surface area contributed by atoms with Crippen LogP contribution >= 0.6 is 27.5 Å². The van der Waals surface area contributed by atoms with Gasteiger partial charge < -0.3 is 5.73 Å². The Morgan fingerprint density at radius 1 is 1.19 bits per heavy atom. The molecule has 0 saturated heterocycles. The average Bonchev–Trinajstić information content (AvgIpc) is 2.39. The summed E-state index contributed by atoms with van der Waals surface area (Å²) in [5.74, 6) is -2.38. The van der Waals surface area contributed by atoms with Crippen LogP contribution in [0.4, 0.5) is 20.2 Å². The van der Waals surface area contributed by atoms with E-state index in [0.29, 0.717) is 4.47 Å². The Labute approximate surface area is 133 Å². The van der Waals surface area contributed by atoms with Gasteiger partial charge in [-0.3, -0.25) is 4.72 Å². The molecule has 0 atom stereocenters. The Bertz CT molecular complexity index is 815. The summed E-state index contributed by atoms with van der Waals surface area (Å²) in [6.07, 6.45) is 0. The molecule has 0 amide bonds. The van der Waals surface area contributed by atoms with Crippen molar-refractivity contribution >= 4 is 48.9 Å². The Hall–Kier alpha value is -1.38. The summed E-state index contributed by atoms with van der Waals surface area (Å²) in [7, 11) is -4.28. The van der Waals surface area contributed by atoms with Gasteiger partial charge in [0.2, 0.25) is 0 Å². The second-order valence-corrected chi connectivity index (χ2v) is 6.94. The van der Waals surface area contributed by atoms with E-state index < -0.39 is 32.2 Å². The van der Waals surface area contributed by atoms with Crippen molar-refractivity contribution < 1.29 is 17.2 Å². The van der Waals surface area contributed by atoms with E-state index >= 15 is 0 Å². The molecule has 3 N–H and O–H groups in total. The number of nitrogens with one attached hydrogen (secondary N) is 1. The van der Waals surface area contributed by atoms with E-state index in [1.165, 1.54) is 12.1 Å². The van der Waals surface area contributed by atoms with E-state index in [1.54, 1.807) is 6.07 Å². The van der Waals surface area contributed by atoms with Gasteiger partial charge in [-0.25, -0.2) is 17.2 Å². The lowest BCUT2D eigenvalue weighted by molar-refractivity contribution is 0.557. The van der Waals surface area contributed by atoms with Gasteiger partial charge in [-0.2, -0.15) is 0 Å². The van der Waals surface area contributed by atoms with Crippen molar-refractivity contribution in [3.05, 3.63) is 51.5 Å². The van der Waals surface area contributed by atoms with Gasteiger partial charge in [0.05, 0.1) is 5.69 Å². The third-order valence-corrected chi connectivity index (χ3v) is 4.86. The Kier molecular flexibility index (Phi) is 4.40. The fraction of sp³-hybridized carbons (Fsp3) is 0. The first-order valence-corrected chi connectivity index (χ1v) is 8.09. The van der Waals surface area contributed by atoms with Crippen LogP contribution in [0.15, 0.2) is 39.7 Å². The minimum atomic E-state index is -4.28. The number of anilines is 2. The van der Waals surface area contributed by atoms with Gasteiger partial charge in [-0.05, 0) is 46.3 Å². The summed E-state index contributed by atoms with van der Waals surface area (Å²) in [5, 5.41) is 0.287. The molecule has 0 aliphatic carbocycles. The summed E-state index contributed by atoms with van der Waals surface area (Å²) in [6.45, 7) is 0. The second kappa shape index (κ2) is 5.78. The molecule has 21 heavy (non-hydrogen) atoms. The van der Waals surface area contributed by atoms with Crippen LogP contribution in [-0.2, 0) is 10.0 Å². The van der Waals surface area contributed by atoms with Crippen LogP contribution in [-0.4, -0.2) is 8.42 Å². The topological polar surface area (TPSA) is 72.2 Å². The van der Waals surface area contributed by atoms with Gasteiger partial charge in [0.15, 0.2) is 5.82 Å². The van der Waals surface area contributed by atoms with Gasteiger partial charge in [-0.15, -0.1) is 0 Å². The highest BCUT2D eigenvalue weighted by molar-refractivity contribution is 9.10. The van der Waals surface area contributed by atoms with Crippen molar-refractivity contribution in [1.29, 1.82) is 0 Å². The lowest BCUT2D eigenvalue weighted by Crippen LogP contribution is -2.16. The van der Waals surface area contributed by atoms with E-state index in [4.69, 9.17) is 17.3 Å². The van der Waals surface area contributed by atoms with E-state index in [0.717, 1.165) is 12.1 Å². The third kappa shape index (κ3) is 3.28. The molecule has 0 saturated carbocycles. The summed E-state index contributed by atoms with van der Waals surface area (Å²) < 4.78 is 53.8. The highest BCUT2D eigenvalue weighted by atomic mass is 79.9. The number of benzene rings is 2. The monoisotopic (exact) mass is 396 g/mol. The number of nitrogen functional groups attached to an aromatic ring is 1. The standard InChI is InChI=1S/C12H8BrClF2N2O2S/c13-7-2-1-6(14)5-9(7)18-21(19,20)10-4-3-8(15)12(17)11(10)16/h1-5,18H,17H2. The highest BCUT2D eigenvalue weighted by Crippen LogP contribution is 2.30. The summed E-state index contributed by atoms with van der Waals surface area (Å²) in [4.78, 5) is -0.756. The van der Waals surface area contributed by atoms with Crippen LogP contribution in [0.2, 0.25) is 5.02 Å². The SMILES string of the molecule is Nc1c(F)ccc(S(=O)(=O)Nc2cc(Cl)ccc2Br)c1F. The number of hydrogen-bond acceptors (Lipinski definition) is 3. The maximum absolute atomic E-state index is 13.8. The lowest BCUT2D eigenvalue weighted by Gasteiger charge is -2.11. The first-order chi connectivity index (χ1) is 9.72. The van der Waals surface area contributed by atoms with Gasteiger partial charge in [0.1, 0.15) is 16.4 Å². The van der Waals surface area contributed by atoms with Crippen LogP contribution in [0.1, 0.15) is 0 Å². The quantitative estimate of drug-likeness (QED) is 0.775.